The van der Waals surface area contributed by atoms with E-state index < -0.39 is 0 Å². The molecule has 0 amide bonds. The number of benzene rings is 2. The fraction of sp³-hybridized carbons (Fsp3) is 0.188. The zero-order valence-corrected chi connectivity index (χ0v) is 21.9. The molecule has 0 aliphatic heterocycles. The number of imidazole rings is 2. The van der Waals surface area contributed by atoms with Gasteiger partial charge in [0.1, 0.15) is 5.82 Å². The molecular weight excluding hydrogens is 484 g/mol. The van der Waals surface area contributed by atoms with Crippen LogP contribution in [0.15, 0.2) is 104 Å². The van der Waals surface area contributed by atoms with Crippen LogP contribution in [0.25, 0.3) is 27.8 Å². The Morgan fingerprint density at radius 3 is 2.56 bits per heavy atom. The summed E-state index contributed by atoms with van der Waals surface area (Å²) >= 11 is 0. The van der Waals surface area contributed by atoms with Gasteiger partial charge in [-0.25, -0.2) is 9.97 Å². The second kappa shape index (κ2) is 10.9. The minimum atomic E-state index is -0.121. The SMILES string of the molecule is CCCn1c(-c2ccc(-n3ccnc3)cc2)cnc1[C@@H](CC(=O)c1cc2ccccc2[nH]1)Cc1ccccn1. The number of nitrogens with one attached hydrogen (secondary N) is 1. The standard InChI is InChI=1S/C32H30N6O/c1-2-16-38-30(23-10-12-27(13-11-23)37-17-15-33-22-37)21-35-32(38)25(18-26-8-5-6-14-34-26)20-31(39)29-19-24-7-3-4-9-28(24)36-29/h3-15,17,19,21-22,25,36H,2,16,18,20H2,1H3/t25-/m1/s1. The van der Waals surface area contributed by atoms with Crippen LogP contribution in [0, 0.1) is 0 Å². The average Bonchev–Trinajstić information content (AvgIpc) is 3.74. The first-order valence-electron chi connectivity index (χ1n) is 13.3. The first-order valence-corrected chi connectivity index (χ1v) is 13.3. The van der Waals surface area contributed by atoms with Gasteiger partial charge in [-0.2, -0.15) is 0 Å². The van der Waals surface area contributed by atoms with Gasteiger partial charge in [0, 0.05) is 59.8 Å². The number of hydrogen-bond acceptors (Lipinski definition) is 4. The Hall–Kier alpha value is -4.78. The van der Waals surface area contributed by atoms with Gasteiger partial charge in [0.15, 0.2) is 5.78 Å². The third-order valence-corrected chi connectivity index (χ3v) is 7.11. The molecule has 0 bridgehead atoms. The molecule has 0 aliphatic rings. The van der Waals surface area contributed by atoms with Crippen molar-refractivity contribution >= 4 is 16.7 Å². The highest BCUT2D eigenvalue weighted by molar-refractivity contribution is 5.99. The van der Waals surface area contributed by atoms with Crippen LogP contribution >= 0.6 is 0 Å². The second-order valence-electron chi connectivity index (χ2n) is 9.79. The monoisotopic (exact) mass is 514 g/mol. The molecule has 1 atom stereocenters. The maximum atomic E-state index is 13.6. The summed E-state index contributed by atoms with van der Waals surface area (Å²) in [5.41, 5.74) is 5.74. The number of H-pyrrole nitrogens is 1. The summed E-state index contributed by atoms with van der Waals surface area (Å²) in [7, 11) is 0. The third kappa shape index (κ3) is 5.16. The number of para-hydroxylation sites is 1. The lowest BCUT2D eigenvalue weighted by Gasteiger charge is -2.19. The Balaban J connectivity index is 1.35. The van der Waals surface area contributed by atoms with Crippen molar-refractivity contribution in [3.8, 4) is 16.9 Å². The molecule has 194 valence electrons. The molecule has 4 heterocycles. The van der Waals surface area contributed by atoms with E-state index in [1.807, 2.05) is 65.5 Å². The first-order chi connectivity index (χ1) is 19.2. The van der Waals surface area contributed by atoms with Crippen molar-refractivity contribution in [3.63, 3.8) is 0 Å². The highest BCUT2D eigenvalue weighted by atomic mass is 16.1. The maximum absolute atomic E-state index is 13.6. The van der Waals surface area contributed by atoms with Gasteiger partial charge < -0.3 is 14.1 Å². The van der Waals surface area contributed by atoms with Gasteiger partial charge in [0.25, 0.3) is 0 Å². The van der Waals surface area contributed by atoms with Gasteiger partial charge in [-0.05, 0) is 54.8 Å². The largest absolute Gasteiger partial charge is 0.352 e. The lowest BCUT2D eigenvalue weighted by Crippen LogP contribution is -2.17. The molecule has 0 spiro atoms. The molecule has 39 heavy (non-hydrogen) atoms. The number of pyridine rings is 1. The number of hydrogen-bond donors (Lipinski definition) is 1. The zero-order chi connectivity index (χ0) is 26.6. The third-order valence-electron chi connectivity index (χ3n) is 7.11. The minimum absolute atomic E-state index is 0.0735. The molecular formula is C32H30N6O. The number of aromatic amines is 1. The highest BCUT2D eigenvalue weighted by Gasteiger charge is 2.25. The summed E-state index contributed by atoms with van der Waals surface area (Å²) in [5.74, 6) is 0.870. The van der Waals surface area contributed by atoms with E-state index in [4.69, 9.17) is 4.98 Å². The molecule has 0 radical (unpaired) electrons. The van der Waals surface area contributed by atoms with Gasteiger partial charge in [0.05, 0.1) is 23.9 Å². The lowest BCUT2D eigenvalue weighted by atomic mass is 9.94. The van der Waals surface area contributed by atoms with E-state index in [9.17, 15) is 4.79 Å². The van der Waals surface area contributed by atoms with E-state index in [-0.39, 0.29) is 11.7 Å². The summed E-state index contributed by atoms with van der Waals surface area (Å²) in [6.45, 7) is 2.98. The number of rotatable bonds is 10. The molecule has 1 N–H and O–H groups in total. The summed E-state index contributed by atoms with van der Waals surface area (Å²) in [6, 6.07) is 24.3. The van der Waals surface area contributed by atoms with E-state index in [0.29, 0.717) is 18.5 Å². The fourth-order valence-corrected chi connectivity index (χ4v) is 5.20. The molecule has 0 aliphatic carbocycles. The van der Waals surface area contributed by atoms with Crippen LogP contribution < -0.4 is 0 Å². The molecule has 0 unspecified atom stereocenters. The minimum Gasteiger partial charge on any atom is -0.352 e. The van der Waals surface area contributed by atoms with Crippen molar-refractivity contribution in [1.29, 1.82) is 0 Å². The van der Waals surface area contributed by atoms with Crippen molar-refractivity contribution in [1.82, 2.24) is 29.1 Å². The van der Waals surface area contributed by atoms with E-state index in [1.54, 1.807) is 18.7 Å². The van der Waals surface area contributed by atoms with Crippen LogP contribution in [0.4, 0.5) is 0 Å². The smallest absolute Gasteiger partial charge is 0.179 e. The Bertz CT molecular complexity index is 1650. The van der Waals surface area contributed by atoms with Crippen LogP contribution in [0.2, 0.25) is 0 Å². The van der Waals surface area contributed by atoms with Gasteiger partial charge in [-0.3, -0.25) is 9.78 Å². The lowest BCUT2D eigenvalue weighted by molar-refractivity contribution is 0.0967. The predicted octanol–water partition coefficient (Wildman–Crippen LogP) is 6.62. The van der Waals surface area contributed by atoms with Crippen molar-refractivity contribution < 1.29 is 4.79 Å². The molecule has 7 heteroatoms. The van der Waals surface area contributed by atoms with Crippen LogP contribution in [0.5, 0.6) is 0 Å². The summed E-state index contributed by atoms with van der Waals surface area (Å²) < 4.78 is 4.26. The molecule has 6 aromatic rings. The Kier molecular flexibility index (Phi) is 6.87. The second-order valence-corrected chi connectivity index (χ2v) is 9.79. The quantitative estimate of drug-likeness (QED) is 0.208. The van der Waals surface area contributed by atoms with Crippen molar-refractivity contribution in [2.24, 2.45) is 0 Å². The number of nitrogens with zero attached hydrogens (tertiary/aromatic N) is 5. The van der Waals surface area contributed by atoms with Gasteiger partial charge in [-0.15, -0.1) is 0 Å². The number of ketones is 1. The molecule has 0 fully saturated rings. The topological polar surface area (TPSA) is 81.4 Å². The van der Waals surface area contributed by atoms with E-state index >= 15 is 0 Å². The number of carbonyl (C=O) groups is 1. The van der Waals surface area contributed by atoms with Gasteiger partial charge in [0.2, 0.25) is 0 Å². The van der Waals surface area contributed by atoms with Crippen molar-refractivity contribution in [3.05, 3.63) is 121 Å². The average molecular weight is 515 g/mol. The Morgan fingerprint density at radius 2 is 1.82 bits per heavy atom. The zero-order valence-electron chi connectivity index (χ0n) is 21.9. The summed E-state index contributed by atoms with van der Waals surface area (Å²) in [5, 5.41) is 1.04. The van der Waals surface area contributed by atoms with Crippen LogP contribution in [0.1, 0.15) is 47.7 Å². The van der Waals surface area contributed by atoms with Gasteiger partial charge >= 0.3 is 0 Å². The summed E-state index contributed by atoms with van der Waals surface area (Å²) in [6.07, 6.45) is 11.2. The summed E-state index contributed by atoms with van der Waals surface area (Å²) in [4.78, 5) is 30.5. The Labute approximate surface area is 227 Å². The van der Waals surface area contributed by atoms with E-state index in [1.165, 1.54) is 0 Å². The number of fused-ring (bicyclic) bond motifs is 1. The number of Topliss-reactive ketones (excluding diaryl/α,β-unsaturated/α-hetero) is 1. The molecule has 2 aromatic carbocycles. The Morgan fingerprint density at radius 1 is 0.974 bits per heavy atom. The van der Waals surface area contributed by atoms with E-state index in [2.05, 4.69) is 50.7 Å². The van der Waals surface area contributed by atoms with Crippen LogP contribution in [-0.2, 0) is 13.0 Å². The first kappa shape index (κ1) is 24.6. The predicted molar refractivity (Wildman–Crippen MR) is 153 cm³/mol. The van der Waals surface area contributed by atoms with Crippen LogP contribution in [-0.4, -0.2) is 34.9 Å². The molecule has 6 rings (SSSR count). The number of carbonyl (C=O) groups excluding carboxylic acids is 1. The molecule has 7 nitrogen and oxygen atoms in total. The number of aromatic nitrogens is 6. The van der Waals surface area contributed by atoms with Crippen molar-refractivity contribution in [2.75, 3.05) is 0 Å². The molecule has 0 saturated heterocycles. The van der Waals surface area contributed by atoms with Gasteiger partial charge in [-0.1, -0.05) is 43.3 Å². The molecule has 0 saturated carbocycles. The van der Waals surface area contributed by atoms with Crippen molar-refractivity contribution in [2.45, 2.75) is 38.6 Å². The highest BCUT2D eigenvalue weighted by Crippen LogP contribution is 2.31. The van der Waals surface area contributed by atoms with E-state index in [0.717, 1.165) is 52.3 Å². The molecule has 4 aromatic heterocycles. The van der Waals surface area contributed by atoms with Crippen LogP contribution in [0.3, 0.4) is 0 Å². The fourth-order valence-electron chi connectivity index (χ4n) is 5.20. The maximum Gasteiger partial charge on any atom is 0.179 e. The normalized spacial score (nSPS) is 12.1.